The lowest BCUT2D eigenvalue weighted by Gasteiger charge is -2.19. The normalized spacial score (nSPS) is 12.6. The average molecular weight is 302 g/mol. The first kappa shape index (κ1) is 16.8. The van der Waals surface area contributed by atoms with Crippen molar-refractivity contribution in [3.05, 3.63) is 33.8 Å². The summed E-state index contributed by atoms with van der Waals surface area (Å²) in [6.45, 7) is 5.47. The summed E-state index contributed by atoms with van der Waals surface area (Å²) >= 11 is 12.1. The van der Waals surface area contributed by atoms with Gasteiger partial charge in [-0.1, -0.05) is 68.8 Å². The van der Waals surface area contributed by atoms with Crippen molar-refractivity contribution in [3.8, 4) is 0 Å². The third kappa shape index (κ3) is 6.16. The Bertz CT molecular complexity index is 366. The molecule has 108 valence electrons. The number of benzene rings is 1. The fourth-order valence-electron chi connectivity index (χ4n) is 2.21. The Balaban J connectivity index is 2.63. The minimum absolute atomic E-state index is 0.395. The first-order valence-corrected chi connectivity index (χ1v) is 8.13. The van der Waals surface area contributed by atoms with Crippen LogP contribution in [0.3, 0.4) is 0 Å². The van der Waals surface area contributed by atoms with Crippen molar-refractivity contribution in [2.75, 3.05) is 6.54 Å². The van der Waals surface area contributed by atoms with Gasteiger partial charge in [-0.2, -0.15) is 0 Å². The highest BCUT2D eigenvalue weighted by molar-refractivity contribution is 6.42. The summed E-state index contributed by atoms with van der Waals surface area (Å²) in [5.41, 5.74) is 1.25. The largest absolute Gasteiger partial charge is 0.310 e. The number of nitrogens with one attached hydrogen (secondary N) is 1. The van der Waals surface area contributed by atoms with Gasteiger partial charge in [0.1, 0.15) is 0 Å². The molecule has 1 aromatic carbocycles. The molecular weight excluding hydrogens is 277 g/mol. The van der Waals surface area contributed by atoms with E-state index in [1.165, 1.54) is 31.2 Å². The zero-order valence-electron chi connectivity index (χ0n) is 12.0. The molecule has 0 fully saturated rings. The molecule has 0 amide bonds. The van der Waals surface area contributed by atoms with E-state index in [1.807, 2.05) is 12.1 Å². The SMILES string of the molecule is CCCCCCC(NCCC)c1ccc(Cl)c(Cl)c1. The topological polar surface area (TPSA) is 12.0 Å². The van der Waals surface area contributed by atoms with Gasteiger partial charge in [0.15, 0.2) is 0 Å². The van der Waals surface area contributed by atoms with Crippen molar-refractivity contribution < 1.29 is 0 Å². The quantitative estimate of drug-likeness (QED) is 0.551. The van der Waals surface area contributed by atoms with E-state index >= 15 is 0 Å². The zero-order chi connectivity index (χ0) is 14.1. The van der Waals surface area contributed by atoms with Crippen LogP contribution in [0.15, 0.2) is 18.2 Å². The molecule has 0 spiro atoms. The minimum atomic E-state index is 0.395. The number of hydrogen-bond donors (Lipinski definition) is 1. The van der Waals surface area contributed by atoms with Gasteiger partial charge in [0.25, 0.3) is 0 Å². The molecule has 0 saturated carbocycles. The fraction of sp³-hybridized carbons (Fsp3) is 0.625. The maximum atomic E-state index is 6.12. The molecule has 0 saturated heterocycles. The van der Waals surface area contributed by atoms with Crippen LogP contribution in [0.5, 0.6) is 0 Å². The zero-order valence-corrected chi connectivity index (χ0v) is 13.5. The van der Waals surface area contributed by atoms with Crippen molar-refractivity contribution in [3.63, 3.8) is 0 Å². The van der Waals surface area contributed by atoms with Crippen LogP contribution < -0.4 is 5.32 Å². The van der Waals surface area contributed by atoms with Crippen molar-refractivity contribution in [1.29, 1.82) is 0 Å². The van der Waals surface area contributed by atoms with Crippen LogP contribution in [0.1, 0.15) is 64.0 Å². The van der Waals surface area contributed by atoms with Gasteiger partial charge < -0.3 is 5.32 Å². The first-order chi connectivity index (χ1) is 9.19. The van der Waals surface area contributed by atoms with E-state index in [1.54, 1.807) is 0 Å². The van der Waals surface area contributed by atoms with Gasteiger partial charge in [0, 0.05) is 6.04 Å². The monoisotopic (exact) mass is 301 g/mol. The van der Waals surface area contributed by atoms with Crippen LogP contribution in [-0.4, -0.2) is 6.54 Å². The molecule has 3 heteroatoms. The molecule has 0 radical (unpaired) electrons. The van der Waals surface area contributed by atoms with E-state index in [4.69, 9.17) is 23.2 Å². The molecule has 19 heavy (non-hydrogen) atoms. The molecule has 0 aliphatic carbocycles. The molecule has 0 aliphatic rings. The lowest BCUT2D eigenvalue weighted by Crippen LogP contribution is -2.22. The Labute approximate surface area is 127 Å². The predicted molar refractivity (Wildman–Crippen MR) is 86.3 cm³/mol. The highest BCUT2D eigenvalue weighted by Gasteiger charge is 2.11. The van der Waals surface area contributed by atoms with Crippen LogP contribution in [0, 0.1) is 0 Å². The summed E-state index contributed by atoms with van der Waals surface area (Å²) in [4.78, 5) is 0. The molecule has 1 N–H and O–H groups in total. The molecule has 1 atom stereocenters. The van der Waals surface area contributed by atoms with Gasteiger partial charge in [-0.3, -0.25) is 0 Å². The smallest absolute Gasteiger partial charge is 0.0595 e. The summed E-state index contributed by atoms with van der Waals surface area (Å²) < 4.78 is 0. The third-order valence-electron chi connectivity index (χ3n) is 3.33. The summed E-state index contributed by atoms with van der Waals surface area (Å²) in [5.74, 6) is 0. The van der Waals surface area contributed by atoms with Gasteiger partial charge in [-0.15, -0.1) is 0 Å². The van der Waals surface area contributed by atoms with Gasteiger partial charge in [0.05, 0.1) is 10.0 Å². The lowest BCUT2D eigenvalue weighted by molar-refractivity contribution is 0.470. The fourth-order valence-corrected chi connectivity index (χ4v) is 2.52. The van der Waals surface area contributed by atoms with Crippen LogP contribution in [0.4, 0.5) is 0 Å². The van der Waals surface area contributed by atoms with Crippen molar-refractivity contribution >= 4 is 23.2 Å². The second-order valence-electron chi connectivity index (χ2n) is 5.03. The van der Waals surface area contributed by atoms with E-state index in [9.17, 15) is 0 Å². The van der Waals surface area contributed by atoms with Crippen LogP contribution >= 0.6 is 23.2 Å². The Hall–Kier alpha value is -0.240. The molecule has 1 rings (SSSR count). The lowest BCUT2D eigenvalue weighted by atomic mass is 10.00. The molecule has 0 aliphatic heterocycles. The summed E-state index contributed by atoms with van der Waals surface area (Å²) in [6.07, 6.45) is 7.48. The highest BCUT2D eigenvalue weighted by atomic mass is 35.5. The van der Waals surface area contributed by atoms with Gasteiger partial charge in [0.2, 0.25) is 0 Å². The average Bonchev–Trinajstić information content (AvgIpc) is 2.41. The van der Waals surface area contributed by atoms with Crippen molar-refractivity contribution in [2.24, 2.45) is 0 Å². The summed E-state index contributed by atoms with van der Waals surface area (Å²) in [6, 6.07) is 6.37. The van der Waals surface area contributed by atoms with Crippen molar-refractivity contribution in [2.45, 2.75) is 58.4 Å². The maximum absolute atomic E-state index is 6.12. The molecular formula is C16H25Cl2N. The second kappa shape index (κ2) is 9.63. The number of unbranched alkanes of at least 4 members (excludes halogenated alkanes) is 3. The minimum Gasteiger partial charge on any atom is -0.310 e. The van der Waals surface area contributed by atoms with Crippen LogP contribution in [-0.2, 0) is 0 Å². The highest BCUT2D eigenvalue weighted by Crippen LogP contribution is 2.28. The molecule has 0 aromatic heterocycles. The Morgan fingerprint density at radius 3 is 2.42 bits per heavy atom. The van der Waals surface area contributed by atoms with E-state index in [0.717, 1.165) is 19.4 Å². The van der Waals surface area contributed by atoms with Gasteiger partial charge in [-0.05, 0) is 37.1 Å². The standard InChI is InChI=1S/C16H25Cl2N/c1-3-5-6-7-8-16(19-11-4-2)13-9-10-14(17)15(18)12-13/h9-10,12,16,19H,3-8,11H2,1-2H3. The molecule has 0 heterocycles. The third-order valence-corrected chi connectivity index (χ3v) is 4.07. The molecule has 0 bridgehead atoms. The van der Waals surface area contributed by atoms with Crippen molar-refractivity contribution in [1.82, 2.24) is 5.32 Å². The summed E-state index contributed by atoms with van der Waals surface area (Å²) in [5, 5.41) is 4.89. The van der Waals surface area contributed by atoms with Gasteiger partial charge in [-0.25, -0.2) is 0 Å². The first-order valence-electron chi connectivity index (χ1n) is 7.37. The summed E-state index contributed by atoms with van der Waals surface area (Å²) in [7, 11) is 0. The second-order valence-corrected chi connectivity index (χ2v) is 5.84. The van der Waals surface area contributed by atoms with E-state index in [0.29, 0.717) is 16.1 Å². The van der Waals surface area contributed by atoms with E-state index in [2.05, 4.69) is 25.2 Å². The van der Waals surface area contributed by atoms with Gasteiger partial charge >= 0.3 is 0 Å². The number of hydrogen-bond acceptors (Lipinski definition) is 1. The van der Waals surface area contributed by atoms with Crippen LogP contribution in [0.2, 0.25) is 10.0 Å². The Morgan fingerprint density at radius 1 is 1.00 bits per heavy atom. The molecule has 1 unspecified atom stereocenters. The maximum Gasteiger partial charge on any atom is 0.0595 e. The molecule has 1 nitrogen and oxygen atoms in total. The van der Waals surface area contributed by atoms with E-state index < -0.39 is 0 Å². The Morgan fingerprint density at radius 2 is 1.79 bits per heavy atom. The molecule has 1 aromatic rings. The Kier molecular flexibility index (Phi) is 8.52. The van der Waals surface area contributed by atoms with Crippen LogP contribution in [0.25, 0.3) is 0 Å². The number of rotatable bonds is 9. The van der Waals surface area contributed by atoms with E-state index in [-0.39, 0.29) is 0 Å². The predicted octanol–water partition coefficient (Wildman–Crippen LogP) is 6.00. The number of halogens is 2.